The fraction of sp³-hybridized carbons (Fsp3) is 0. The number of hydrogen-bond acceptors (Lipinski definition) is 2. The van der Waals surface area contributed by atoms with E-state index in [0.717, 1.165) is 33.5 Å². The van der Waals surface area contributed by atoms with Gasteiger partial charge in [0, 0.05) is 16.7 Å². The van der Waals surface area contributed by atoms with Gasteiger partial charge in [-0.3, -0.25) is 0 Å². The monoisotopic (exact) mass is 712 g/mol. The standard InChI is InChI=1S/C54H36N2/c1-5-19-37(20-6-1)42-27-13-15-29-44(42)52-46-31-17-18-32-47(46)53(45-30-16-14-28-43(45)38-21-7-2-8-22-38)49-35-41(33-34-48(49)52)54-55-50(39-23-9-3-10-24-39)36-51(56-54)40-25-11-4-12-26-40/h1-36H. The zero-order chi connectivity index (χ0) is 37.3. The topological polar surface area (TPSA) is 25.8 Å². The first-order chi connectivity index (χ1) is 27.8. The van der Waals surface area contributed by atoms with E-state index in [1.54, 1.807) is 0 Å². The van der Waals surface area contributed by atoms with Crippen molar-refractivity contribution in [2.45, 2.75) is 0 Å². The van der Waals surface area contributed by atoms with Gasteiger partial charge in [0.2, 0.25) is 0 Å². The molecule has 0 saturated heterocycles. The molecule has 2 nitrogen and oxygen atoms in total. The van der Waals surface area contributed by atoms with E-state index >= 15 is 0 Å². The Morgan fingerprint density at radius 3 is 1.05 bits per heavy atom. The molecule has 56 heavy (non-hydrogen) atoms. The summed E-state index contributed by atoms with van der Waals surface area (Å²) in [5, 5.41) is 4.73. The third-order valence-corrected chi connectivity index (χ3v) is 10.7. The highest BCUT2D eigenvalue weighted by molar-refractivity contribution is 6.23. The second-order valence-electron chi connectivity index (χ2n) is 14.1. The molecule has 0 spiro atoms. The first-order valence-corrected chi connectivity index (χ1v) is 19.1. The second-order valence-corrected chi connectivity index (χ2v) is 14.1. The minimum absolute atomic E-state index is 0.689. The molecule has 262 valence electrons. The lowest BCUT2D eigenvalue weighted by atomic mass is 9.82. The van der Waals surface area contributed by atoms with E-state index in [1.165, 1.54) is 60.7 Å². The third kappa shape index (κ3) is 6.04. The smallest absolute Gasteiger partial charge is 0.160 e. The van der Waals surface area contributed by atoms with Gasteiger partial charge in [-0.2, -0.15) is 0 Å². The zero-order valence-corrected chi connectivity index (χ0v) is 30.7. The van der Waals surface area contributed by atoms with Crippen LogP contribution in [-0.4, -0.2) is 9.97 Å². The molecule has 0 bridgehead atoms. The average Bonchev–Trinajstić information content (AvgIpc) is 3.29. The van der Waals surface area contributed by atoms with E-state index in [1.807, 2.05) is 12.1 Å². The molecular weight excluding hydrogens is 677 g/mol. The molecular formula is C54H36N2. The maximum Gasteiger partial charge on any atom is 0.160 e. The molecule has 1 heterocycles. The van der Waals surface area contributed by atoms with E-state index in [9.17, 15) is 0 Å². The van der Waals surface area contributed by atoms with E-state index in [0.29, 0.717) is 5.82 Å². The summed E-state index contributed by atoms with van der Waals surface area (Å²) in [5.74, 6) is 0.689. The fourth-order valence-electron chi connectivity index (χ4n) is 8.13. The van der Waals surface area contributed by atoms with E-state index in [2.05, 4.69) is 206 Å². The van der Waals surface area contributed by atoms with Crippen LogP contribution < -0.4 is 0 Å². The quantitative estimate of drug-likeness (QED) is 0.154. The number of hydrogen-bond donors (Lipinski definition) is 0. The van der Waals surface area contributed by atoms with Crippen molar-refractivity contribution in [3.05, 3.63) is 218 Å². The summed E-state index contributed by atoms with van der Waals surface area (Å²) >= 11 is 0. The number of benzene rings is 9. The Labute approximate surface area is 327 Å². The zero-order valence-electron chi connectivity index (χ0n) is 30.7. The molecule has 0 aliphatic heterocycles. The maximum absolute atomic E-state index is 5.26. The highest BCUT2D eigenvalue weighted by Gasteiger charge is 2.22. The molecule has 0 saturated carbocycles. The lowest BCUT2D eigenvalue weighted by Gasteiger charge is -2.21. The summed E-state index contributed by atoms with van der Waals surface area (Å²) in [4.78, 5) is 10.5. The van der Waals surface area contributed by atoms with Crippen molar-refractivity contribution >= 4 is 21.5 Å². The summed E-state index contributed by atoms with van der Waals surface area (Å²) < 4.78 is 0. The summed E-state index contributed by atoms with van der Waals surface area (Å²) in [5.41, 5.74) is 14.4. The minimum Gasteiger partial charge on any atom is -0.228 e. The SMILES string of the molecule is c1ccc(-c2cc(-c3ccccc3)nc(-c3ccc4c(-c5ccccc5-c5ccccc5)c5ccccc5c(-c5ccccc5-c5ccccc5)c4c3)n2)cc1. The van der Waals surface area contributed by atoms with Gasteiger partial charge in [0.1, 0.15) is 0 Å². The van der Waals surface area contributed by atoms with Crippen LogP contribution in [0.15, 0.2) is 218 Å². The van der Waals surface area contributed by atoms with Crippen molar-refractivity contribution < 1.29 is 0 Å². The Morgan fingerprint density at radius 2 is 0.589 bits per heavy atom. The molecule has 10 aromatic rings. The molecule has 0 atom stereocenters. The van der Waals surface area contributed by atoms with Crippen LogP contribution in [0.4, 0.5) is 0 Å². The fourth-order valence-corrected chi connectivity index (χ4v) is 8.13. The van der Waals surface area contributed by atoms with Crippen LogP contribution in [0, 0.1) is 0 Å². The Balaban J connectivity index is 1.31. The van der Waals surface area contributed by atoms with Gasteiger partial charge < -0.3 is 0 Å². The maximum atomic E-state index is 5.26. The van der Waals surface area contributed by atoms with Gasteiger partial charge in [0.15, 0.2) is 5.82 Å². The van der Waals surface area contributed by atoms with Gasteiger partial charge in [0.25, 0.3) is 0 Å². The molecule has 0 fully saturated rings. The van der Waals surface area contributed by atoms with Crippen molar-refractivity contribution in [1.82, 2.24) is 9.97 Å². The van der Waals surface area contributed by atoms with Crippen molar-refractivity contribution in [2.75, 3.05) is 0 Å². The second kappa shape index (κ2) is 14.4. The van der Waals surface area contributed by atoms with Crippen LogP contribution in [0.5, 0.6) is 0 Å². The predicted octanol–water partition coefficient (Wildman–Crippen LogP) is 14.5. The molecule has 2 heteroatoms. The van der Waals surface area contributed by atoms with Crippen molar-refractivity contribution in [2.24, 2.45) is 0 Å². The molecule has 0 aliphatic carbocycles. The van der Waals surface area contributed by atoms with Crippen LogP contribution in [-0.2, 0) is 0 Å². The molecule has 0 amide bonds. The van der Waals surface area contributed by atoms with Gasteiger partial charge in [-0.1, -0.05) is 206 Å². The molecule has 0 aliphatic rings. The van der Waals surface area contributed by atoms with Gasteiger partial charge in [-0.25, -0.2) is 9.97 Å². The van der Waals surface area contributed by atoms with Gasteiger partial charge in [-0.15, -0.1) is 0 Å². The van der Waals surface area contributed by atoms with Crippen LogP contribution in [0.3, 0.4) is 0 Å². The normalized spacial score (nSPS) is 11.2. The predicted molar refractivity (Wildman–Crippen MR) is 235 cm³/mol. The minimum atomic E-state index is 0.689. The van der Waals surface area contributed by atoms with Crippen LogP contribution in [0.25, 0.3) is 100.0 Å². The van der Waals surface area contributed by atoms with Crippen molar-refractivity contribution in [3.8, 4) is 78.4 Å². The Bertz CT molecular complexity index is 2930. The Morgan fingerprint density at radius 1 is 0.232 bits per heavy atom. The Kier molecular flexibility index (Phi) is 8.55. The van der Waals surface area contributed by atoms with E-state index < -0.39 is 0 Å². The number of nitrogens with zero attached hydrogens (tertiary/aromatic N) is 2. The number of aromatic nitrogens is 2. The molecule has 9 aromatic carbocycles. The van der Waals surface area contributed by atoms with Crippen LogP contribution >= 0.6 is 0 Å². The van der Waals surface area contributed by atoms with Gasteiger partial charge in [-0.05, 0) is 78.2 Å². The average molecular weight is 713 g/mol. The molecule has 10 rings (SSSR count). The largest absolute Gasteiger partial charge is 0.228 e. The van der Waals surface area contributed by atoms with Crippen LogP contribution in [0.1, 0.15) is 0 Å². The van der Waals surface area contributed by atoms with Crippen LogP contribution in [0.2, 0.25) is 0 Å². The molecule has 1 aromatic heterocycles. The Hall–Kier alpha value is -7.42. The van der Waals surface area contributed by atoms with E-state index in [-0.39, 0.29) is 0 Å². The number of rotatable bonds is 7. The summed E-state index contributed by atoms with van der Waals surface area (Å²) in [6.45, 7) is 0. The molecule has 0 radical (unpaired) electrons. The van der Waals surface area contributed by atoms with E-state index in [4.69, 9.17) is 9.97 Å². The lowest BCUT2D eigenvalue weighted by Crippen LogP contribution is -1.97. The summed E-state index contributed by atoms with van der Waals surface area (Å²) in [6.07, 6.45) is 0. The molecule has 0 unspecified atom stereocenters. The van der Waals surface area contributed by atoms with Gasteiger partial charge >= 0.3 is 0 Å². The third-order valence-electron chi connectivity index (χ3n) is 10.7. The van der Waals surface area contributed by atoms with Crippen molar-refractivity contribution in [3.63, 3.8) is 0 Å². The lowest BCUT2D eigenvalue weighted by molar-refractivity contribution is 1.18. The highest BCUT2D eigenvalue weighted by atomic mass is 14.9. The number of fused-ring (bicyclic) bond motifs is 2. The first kappa shape index (κ1) is 33.2. The summed E-state index contributed by atoms with van der Waals surface area (Å²) in [6, 6.07) is 77.7. The van der Waals surface area contributed by atoms with Crippen molar-refractivity contribution in [1.29, 1.82) is 0 Å². The summed E-state index contributed by atoms with van der Waals surface area (Å²) in [7, 11) is 0. The molecule has 0 N–H and O–H groups in total. The van der Waals surface area contributed by atoms with Gasteiger partial charge in [0.05, 0.1) is 11.4 Å². The first-order valence-electron chi connectivity index (χ1n) is 19.1. The highest BCUT2D eigenvalue weighted by Crippen LogP contribution is 2.48.